The summed E-state index contributed by atoms with van der Waals surface area (Å²) in [5.74, 6) is 1.20. The second-order valence-electron chi connectivity index (χ2n) is 7.83. The van der Waals surface area contributed by atoms with Crippen molar-refractivity contribution in [2.24, 2.45) is 0 Å². The molecule has 1 aromatic heterocycles. The molecule has 4 rings (SSSR count). The maximum absolute atomic E-state index is 12.2. The van der Waals surface area contributed by atoms with Crippen LogP contribution in [0.15, 0.2) is 22.6 Å². The molecule has 1 saturated heterocycles. The highest BCUT2D eigenvalue weighted by atomic mass is 35.5. The maximum Gasteiger partial charge on any atom is 0.345 e. The lowest BCUT2D eigenvalue weighted by Gasteiger charge is -2.32. The smallest absolute Gasteiger partial charge is 0.345 e. The Hall–Kier alpha value is -1.79. The third-order valence-corrected chi connectivity index (χ3v) is 8.76. The van der Waals surface area contributed by atoms with Gasteiger partial charge in [0.2, 0.25) is 17.7 Å². The molecule has 2 aliphatic rings. The van der Waals surface area contributed by atoms with Gasteiger partial charge in [0, 0.05) is 18.2 Å². The molecule has 1 aliphatic heterocycles. The lowest BCUT2D eigenvalue weighted by atomic mass is 9.82. The molecule has 1 saturated carbocycles. The van der Waals surface area contributed by atoms with Gasteiger partial charge in [-0.2, -0.15) is 8.78 Å². The van der Waals surface area contributed by atoms with Crippen molar-refractivity contribution in [2.45, 2.75) is 50.0 Å². The predicted molar refractivity (Wildman–Crippen MR) is 115 cm³/mol. The van der Waals surface area contributed by atoms with E-state index >= 15 is 0 Å². The quantitative estimate of drug-likeness (QED) is 0.529. The van der Waals surface area contributed by atoms with E-state index in [9.17, 15) is 13.6 Å². The number of carbonyl (C=O) groups excluding carboxylic acids is 1. The number of benzene rings is 1. The Balaban J connectivity index is 1.18. The molecule has 0 spiro atoms. The van der Waals surface area contributed by atoms with Gasteiger partial charge in [0.1, 0.15) is 5.75 Å². The number of nitrogens with one attached hydrogen (secondary N) is 2. The molecule has 2 atom stereocenters. The number of nitrogens with zero attached hydrogens (tertiary/aromatic N) is 2. The predicted octanol–water partition coefficient (Wildman–Crippen LogP) is 3.35. The summed E-state index contributed by atoms with van der Waals surface area (Å²) in [5, 5.41) is 12.3. The van der Waals surface area contributed by atoms with Gasteiger partial charge in [-0.15, -0.1) is 10.2 Å². The van der Waals surface area contributed by atoms with Gasteiger partial charge in [0.15, 0.2) is 15.6 Å². The molecule has 1 aromatic carbocycles. The third-order valence-electron chi connectivity index (χ3n) is 5.53. The molecule has 2 aromatic rings. The van der Waals surface area contributed by atoms with Crippen LogP contribution in [0.25, 0.3) is 0 Å². The van der Waals surface area contributed by atoms with Crippen LogP contribution in [0.2, 0.25) is 16.1 Å². The van der Waals surface area contributed by atoms with Crippen molar-refractivity contribution < 1.29 is 27.5 Å². The third kappa shape index (κ3) is 5.96. The number of amides is 1. The molecule has 32 heavy (non-hydrogen) atoms. The Morgan fingerprint density at radius 2 is 2.06 bits per heavy atom. The summed E-state index contributed by atoms with van der Waals surface area (Å²) in [6, 6.07) is 5.61. The van der Waals surface area contributed by atoms with Gasteiger partial charge in [-0.05, 0) is 37.4 Å². The number of alkyl halides is 2. The first-order chi connectivity index (χ1) is 15.4. The van der Waals surface area contributed by atoms with Crippen LogP contribution in [0.4, 0.5) is 8.78 Å². The van der Waals surface area contributed by atoms with Crippen molar-refractivity contribution in [1.82, 2.24) is 20.5 Å². The largest absolute Gasteiger partial charge is 0.484 e. The summed E-state index contributed by atoms with van der Waals surface area (Å²) in [6.07, 6.45) is 1.88. The maximum atomic E-state index is 12.2. The molecule has 2 heterocycles. The molecular formula is C19H22Cl2F2N4O4Si. The van der Waals surface area contributed by atoms with Crippen molar-refractivity contribution >= 4 is 38.1 Å². The molecular weight excluding hydrogens is 485 g/mol. The van der Waals surface area contributed by atoms with Crippen molar-refractivity contribution in [1.29, 1.82) is 0 Å². The van der Waals surface area contributed by atoms with Crippen LogP contribution in [-0.2, 0) is 9.53 Å². The first-order valence-electron chi connectivity index (χ1n) is 10.2. The number of halogens is 4. The Labute approximate surface area is 194 Å². The van der Waals surface area contributed by atoms with Crippen LogP contribution in [-0.4, -0.2) is 50.6 Å². The summed E-state index contributed by atoms with van der Waals surface area (Å²) >= 11 is 11.8. The zero-order valence-corrected chi connectivity index (χ0v) is 19.6. The van der Waals surface area contributed by atoms with Crippen molar-refractivity contribution in [2.75, 3.05) is 12.8 Å². The molecule has 0 unspecified atom stereocenters. The fourth-order valence-corrected chi connectivity index (χ4v) is 6.33. The highest BCUT2D eigenvalue weighted by Gasteiger charge is 2.37. The average molecular weight is 507 g/mol. The average Bonchev–Trinajstić information content (AvgIpc) is 3.21. The van der Waals surface area contributed by atoms with Crippen LogP contribution >= 0.6 is 23.2 Å². The number of hydrogen-bond acceptors (Lipinski definition) is 7. The van der Waals surface area contributed by atoms with Crippen LogP contribution in [0.3, 0.4) is 0 Å². The van der Waals surface area contributed by atoms with Crippen molar-refractivity contribution in [3.8, 4) is 5.75 Å². The van der Waals surface area contributed by atoms with Crippen molar-refractivity contribution in [3.05, 3.63) is 40.0 Å². The minimum absolute atomic E-state index is 0.0412. The fraction of sp³-hybridized carbons (Fsp3) is 0.526. The highest BCUT2D eigenvalue weighted by Crippen LogP contribution is 2.39. The van der Waals surface area contributed by atoms with E-state index in [-0.39, 0.29) is 24.5 Å². The van der Waals surface area contributed by atoms with E-state index in [0.29, 0.717) is 46.6 Å². The van der Waals surface area contributed by atoms with E-state index in [1.807, 2.05) is 0 Å². The topological polar surface area (TPSA) is 98.5 Å². The Bertz CT molecular complexity index is 940. The van der Waals surface area contributed by atoms with Gasteiger partial charge < -0.3 is 24.2 Å². The summed E-state index contributed by atoms with van der Waals surface area (Å²) in [4.78, 5) is 15.3. The summed E-state index contributed by atoms with van der Waals surface area (Å²) in [6.45, 7) is -2.86. The van der Waals surface area contributed by atoms with Crippen LogP contribution in [0.5, 0.6) is 5.75 Å². The molecule has 174 valence electrons. The fourth-order valence-electron chi connectivity index (χ4n) is 3.75. The summed E-state index contributed by atoms with van der Waals surface area (Å²) in [5.41, 5.74) is 0. The van der Waals surface area contributed by atoms with Gasteiger partial charge in [-0.25, -0.2) is 0 Å². The molecule has 0 bridgehead atoms. The number of ether oxygens (including phenoxy) is 2. The molecule has 0 radical (unpaired) electrons. The number of carbonyl (C=O) groups is 1. The van der Waals surface area contributed by atoms with Crippen LogP contribution < -0.4 is 15.0 Å². The van der Waals surface area contributed by atoms with Gasteiger partial charge in [-0.3, -0.25) is 4.79 Å². The summed E-state index contributed by atoms with van der Waals surface area (Å²) in [7, 11) is -1.54. The second kappa shape index (κ2) is 10.4. The Morgan fingerprint density at radius 1 is 1.28 bits per heavy atom. The monoisotopic (exact) mass is 506 g/mol. The first-order valence-corrected chi connectivity index (χ1v) is 13.2. The van der Waals surface area contributed by atoms with Gasteiger partial charge in [-0.1, -0.05) is 23.2 Å². The van der Waals surface area contributed by atoms with E-state index in [2.05, 4.69) is 25.2 Å². The van der Waals surface area contributed by atoms with E-state index in [0.717, 1.165) is 12.5 Å². The van der Waals surface area contributed by atoms with Gasteiger partial charge in [0.25, 0.3) is 0 Å². The SMILES string of the molecule is O=C(COc1ccc(Cl)c(Cl)c1)N[Si@H]1CC[C@H](c2nnc([C@H]3C[C@@H](OC(F)F)C3)o2)NC1. The second-order valence-corrected chi connectivity index (χ2v) is 11.3. The standard InChI is InChI=1S/C19H22Cl2F2N4O4Si/c20-13-2-1-11(7-14(13)21)29-8-16(28)27-32-4-3-15(24-9-32)18-26-25-17(31-18)10-5-12(6-10)30-19(22)23/h1-2,7,10,12,15,19,24,32H,3-6,8-9H2,(H,27,28)/t10-,12+,15-,32+/m1/s1. The minimum atomic E-state index is -2.76. The van der Waals surface area contributed by atoms with Crippen LogP contribution in [0, 0.1) is 0 Å². The van der Waals surface area contributed by atoms with E-state index in [1.54, 1.807) is 18.2 Å². The Morgan fingerprint density at radius 3 is 2.75 bits per heavy atom. The number of hydrogen-bond donors (Lipinski definition) is 2. The van der Waals surface area contributed by atoms with Crippen molar-refractivity contribution in [3.63, 3.8) is 0 Å². The molecule has 2 N–H and O–H groups in total. The minimum Gasteiger partial charge on any atom is -0.484 e. The highest BCUT2D eigenvalue weighted by molar-refractivity contribution is 6.59. The van der Waals surface area contributed by atoms with E-state index < -0.39 is 21.7 Å². The molecule has 1 amide bonds. The molecule has 8 nitrogen and oxygen atoms in total. The van der Waals surface area contributed by atoms with Crippen LogP contribution in [0.1, 0.15) is 43.0 Å². The number of rotatable bonds is 8. The first kappa shape index (κ1) is 23.4. The van der Waals surface area contributed by atoms with Gasteiger partial charge in [0.05, 0.1) is 22.2 Å². The lowest BCUT2D eigenvalue weighted by molar-refractivity contribution is -0.185. The van der Waals surface area contributed by atoms with E-state index in [4.69, 9.17) is 32.4 Å². The molecule has 2 fully saturated rings. The number of aromatic nitrogens is 2. The zero-order valence-electron chi connectivity index (χ0n) is 16.9. The Kier molecular flexibility index (Phi) is 7.61. The lowest BCUT2D eigenvalue weighted by Crippen LogP contribution is -2.51. The van der Waals surface area contributed by atoms with Gasteiger partial charge >= 0.3 is 6.61 Å². The summed E-state index contributed by atoms with van der Waals surface area (Å²) < 4.78 is 40.1. The molecule has 13 heteroatoms. The molecule has 1 aliphatic carbocycles. The van der Waals surface area contributed by atoms with E-state index in [1.165, 1.54) is 0 Å². The normalized spacial score (nSPS) is 25.4. The zero-order chi connectivity index (χ0) is 22.7.